The maximum Gasteiger partial charge on any atom is 0.240 e. The van der Waals surface area contributed by atoms with Crippen LogP contribution in [0.1, 0.15) is 19.3 Å². The number of anilines is 1. The molecule has 2 rings (SSSR count). The second kappa shape index (κ2) is 5.30. The fourth-order valence-electron chi connectivity index (χ4n) is 2.07. The Kier molecular flexibility index (Phi) is 4.08. The second-order valence-corrected chi connectivity index (χ2v) is 7.83. The highest BCUT2D eigenvalue weighted by molar-refractivity contribution is 8.00. The van der Waals surface area contributed by atoms with Gasteiger partial charge in [0.1, 0.15) is 5.82 Å². The smallest absolute Gasteiger partial charge is 0.240 e. The summed E-state index contributed by atoms with van der Waals surface area (Å²) in [6.45, 7) is 0.368. The third-order valence-electron chi connectivity index (χ3n) is 3.49. The van der Waals surface area contributed by atoms with Gasteiger partial charge in [0.05, 0.1) is 4.90 Å². The predicted molar refractivity (Wildman–Crippen MR) is 76.1 cm³/mol. The van der Waals surface area contributed by atoms with E-state index in [1.807, 2.05) is 6.26 Å². The zero-order valence-corrected chi connectivity index (χ0v) is 12.3. The normalized spacial score (nSPS) is 18.0. The minimum atomic E-state index is -3.71. The predicted octanol–water partition coefficient (Wildman–Crippen LogP) is 1.97. The van der Waals surface area contributed by atoms with Crippen molar-refractivity contribution < 1.29 is 12.8 Å². The van der Waals surface area contributed by atoms with Gasteiger partial charge < -0.3 is 5.73 Å². The molecular formula is C12H17FN2O2S2. The van der Waals surface area contributed by atoms with E-state index in [0.717, 1.165) is 31.4 Å². The molecule has 1 saturated carbocycles. The number of thioether (sulfide) groups is 1. The van der Waals surface area contributed by atoms with Gasteiger partial charge in [0.2, 0.25) is 10.0 Å². The lowest BCUT2D eigenvalue weighted by Gasteiger charge is -2.40. The first-order chi connectivity index (χ1) is 8.87. The standard InChI is InChI=1S/C12H17FN2O2S2/c1-18-12(3-2-4-12)8-15-19(16,17)11-6-9(13)5-10(14)7-11/h5-7,15H,2-4,8,14H2,1H3. The zero-order chi connectivity index (χ0) is 14.1. The van der Waals surface area contributed by atoms with E-state index in [0.29, 0.717) is 6.54 Å². The Balaban J connectivity index is 2.14. The Morgan fingerprint density at radius 1 is 1.42 bits per heavy atom. The summed E-state index contributed by atoms with van der Waals surface area (Å²) in [5.41, 5.74) is 5.57. The molecule has 1 aliphatic carbocycles. The van der Waals surface area contributed by atoms with Crippen molar-refractivity contribution in [1.29, 1.82) is 0 Å². The summed E-state index contributed by atoms with van der Waals surface area (Å²) in [6.07, 6.45) is 5.10. The minimum Gasteiger partial charge on any atom is -0.399 e. The fraction of sp³-hybridized carbons (Fsp3) is 0.500. The van der Waals surface area contributed by atoms with Crippen molar-refractivity contribution in [2.45, 2.75) is 28.9 Å². The topological polar surface area (TPSA) is 72.2 Å². The van der Waals surface area contributed by atoms with Crippen LogP contribution in [-0.2, 0) is 10.0 Å². The molecule has 0 heterocycles. The van der Waals surface area contributed by atoms with E-state index in [2.05, 4.69) is 4.72 Å². The third kappa shape index (κ3) is 3.21. The van der Waals surface area contributed by atoms with Crippen LogP contribution in [0.25, 0.3) is 0 Å². The highest BCUT2D eigenvalue weighted by Crippen LogP contribution is 2.42. The number of nitrogens with two attached hydrogens (primary N) is 1. The fourth-order valence-corrected chi connectivity index (χ4v) is 4.27. The van der Waals surface area contributed by atoms with Crippen molar-refractivity contribution in [3.63, 3.8) is 0 Å². The number of nitrogen functional groups attached to an aromatic ring is 1. The molecule has 0 aliphatic heterocycles. The monoisotopic (exact) mass is 304 g/mol. The molecule has 0 bridgehead atoms. The third-order valence-corrected chi connectivity index (χ3v) is 6.29. The lowest BCUT2D eigenvalue weighted by Crippen LogP contribution is -2.45. The van der Waals surface area contributed by atoms with Gasteiger partial charge in [-0.3, -0.25) is 0 Å². The van der Waals surface area contributed by atoms with Crippen molar-refractivity contribution in [2.24, 2.45) is 0 Å². The first kappa shape index (κ1) is 14.6. The van der Waals surface area contributed by atoms with Crippen LogP contribution in [0.2, 0.25) is 0 Å². The summed E-state index contributed by atoms with van der Waals surface area (Å²) in [5.74, 6) is -0.649. The molecule has 0 amide bonds. The van der Waals surface area contributed by atoms with Gasteiger partial charge in [-0.15, -0.1) is 0 Å². The van der Waals surface area contributed by atoms with Gasteiger partial charge in [0.25, 0.3) is 0 Å². The SMILES string of the molecule is CSC1(CNS(=O)(=O)c2cc(N)cc(F)c2)CCC1. The number of nitrogens with one attached hydrogen (secondary N) is 1. The van der Waals surface area contributed by atoms with Crippen LogP contribution in [0.5, 0.6) is 0 Å². The highest BCUT2D eigenvalue weighted by Gasteiger charge is 2.37. The van der Waals surface area contributed by atoms with E-state index >= 15 is 0 Å². The summed E-state index contributed by atoms with van der Waals surface area (Å²) in [6, 6.07) is 3.33. The van der Waals surface area contributed by atoms with Crippen LogP contribution in [0.15, 0.2) is 23.1 Å². The van der Waals surface area contributed by atoms with E-state index < -0.39 is 15.8 Å². The van der Waals surface area contributed by atoms with Gasteiger partial charge in [-0.05, 0) is 37.3 Å². The average molecular weight is 304 g/mol. The number of hydrogen-bond acceptors (Lipinski definition) is 4. The van der Waals surface area contributed by atoms with E-state index in [1.54, 1.807) is 11.8 Å². The quantitative estimate of drug-likeness (QED) is 0.816. The summed E-state index contributed by atoms with van der Waals surface area (Å²) in [7, 11) is -3.71. The molecule has 0 atom stereocenters. The molecule has 4 nitrogen and oxygen atoms in total. The molecule has 0 unspecified atom stereocenters. The number of halogens is 1. The Labute approximate surface area is 117 Å². The second-order valence-electron chi connectivity index (χ2n) is 4.79. The number of benzene rings is 1. The van der Waals surface area contributed by atoms with Crippen LogP contribution in [0, 0.1) is 5.82 Å². The molecule has 0 aromatic heterocycles. The van der Waals surface area contributed by atoms with Gasteiger partial charge in [-0.1, -0.05) is 6.42 Å². The van der Waals surface area contributed by atoms with Gasteiger partial charge >= 0.3 is 0 Å². The van der Waals surface area contributed by atoms with Crippen molar-refractivity contribution in [1.82, 2.24) is 4.72 Å². The molecule has 0 saturated heterocycles. The molecule has 3 N–H and O–H groups in total. The van der Waals surface area contributed by atoms with E-state index in [1.165, 1.54) is 6.07 Å². The van der Waals surface area contributed by atoms with Crippen LogP contribution < -0.4 is 10.5 Å². The summed E-state index contributed by atoms with van der Waals surface area (Å²) < 4.78 is 39.9. The van der Waals surface area contributed by atoms with Crippen molar-refractivity contribution in [3.05, 3.63) is 24.0 Å². The van der Waals surface area contributed by atoms with Gasteiger partial charge in [0.15, 0.2) is 0 Å². The Hall–Kier alpha value is -0.790. The number of sulfonamides is 1. The highest BCUT2D eigenvalue weighted by atomic mass is 32.2. The maximum absolute atomic E-state index is 13.2. The average Bonchev–Trinajstić information content (AvgIpc) is 2.26. The molecule has 1 aromatic carbocycles. The van der Waals surface area contributed by atoms with Crippen LogP contribution >= 0.6 is 11.8 Å². The van der Waals surface area contributed by atoms with Crippen LogP contribution in [0.3, 0.4) is 0 Å². The largest absolute Gasteiger partial charge is 0.399 e. The maximum atomic E-state index is 13.2. The molecular weight excluding hydrogens is 287 g/mol. The Morgan fingerprint density at radius 3 is 2.58 bits per heavy atom. The van der Waals surface area contributed by atoms with E-state index in [-0.39, 0.29) is 15.3 Å². The molecule has 106 valence electrons. The Morgan fingerprint density at radius 2 is 2.11 bits per heavy atom. The molecule has 1 fully saturated rings. The summed E-state index contributed by atoms with van der Waals surface area (Å²) >= 11 is 1.68. The minimum absolute atomic E-state index is 0.00800. The lowest BCUT2D eigenvalue weighted by atomic mass is 9.84. The number of rotatable bonds is 5. The van der Waals surface area contributed by atoms with Crippen LogP contribution in [0.4, 0.5) is 10.1 Å². The first-order valence-corrected chi connectivity index (χ1v) is 8.69. The van der Waals surface area contributed by atoms with Gasteiger partial charge in [-0.25, -0.2) is 17.5 Å². The van der Waals surface area contributed by atoms with Gasteiger partial charge in [0, 0.05) is 17.0 Å². The van der Waals surface area contributed by atoms with Crippen molar-refractivity contribution >= 4 is 27.5 Å². The number of hydrogen-bond donors (Lipinski definition) is 2. The molecule has 7 heteroatoms. The Bertz CT molecular complexity index is 545. The molecule has 19 heavy (non-hydrogen) atoms. The zero-order valence-electron chi connectivity index (χ0n) is 10.6. The van der Waals surface area contributed by atoms with Gasteiger partial charge in [-0.2, -0.15) is 11.8 Å². The van der Waals surface area contributed by atoms with Crippen molar-refractivity contribution in [3.8, 4) is 0 Å². The van der Waals surface area contributed by atoms with E-state index in [9.17, 15) is 12.8 Å². The summed E-state index contributed by atoms with van der Waals surface area (Å²) in [4.78, 5) is -0.124. The van der Waals surface area contributed by atoms with Crippen LogP contribution in [-0.4, -0.2) is 26.0 Å². The van der Waals surface area contributed by atoms with Crippen molar-refractivity contribution in [2.75, 3.05) is 18.5 Å². The molecule has 0 spiro atoms. The molecule has 1 aromatic rings. The molecule has 1 aliphatic rings. The molecule has 0 radical (unpaired) electrons. The summed E-state index contributed by atoms with van der Waals surface area (Å²) in [5, 5.41) is 0. The van der Waals surface area contributed by atoms with E-state index in [4.69, 9.17) is 5.73 Å². The first-order valence-electron chi connectivity index (χ1n) is 5.98. The lowest BCUT2D eigenvalue weighted by molar-refractivity contribution is 0.362.